The topological polar surface area (TPSA) is 231 Å². The molecule has 15 heteroatoms. The predicted octanol–water partition coefficient (Wildman–Crippen LogP) is 9.33. The number of rotatable bonds is 46. The first-order chi connectivity index (χ1) is 34.5. The van der Waals surface area contributed by atoms with Crippen LogP contribution >= 0.6 is 0 Å². The molecule has 0 aromatic heterocycles. The van der Waals surface area contributed by atoms with Crippen molar-refractivity contribution in [2.45, 2.75) is 306 Å². The zero-order chi connectivity index (χ0) is 51.7. The minimum Gasteiger partial charge on any atom is -0.462 e. The van der Waals surface area contributed by atoms with Crippen LogP contribution in [0.3, 0.4) is 0 Å². The Morgan fingerprint density at radius 3 is 1.24 bits per heavy atom. The maximum Gasteiger partial charge on any atom is 0.306 e. The van der Waals surface area contributed by atoms with Crippen molar-refractivity contribution in [3.63, 3.8) is 0 Å². The van der Waals surface area contributed by atoms with E-state index in [9.17, 15) is 45.3 Å². The van der Waals surface area contributed by atoms with Crippen molar-refractivity contribution in [1.82, 2.24) is 0 Å². The van der Waals surface area contributed by atoms with Gasteiger partial charge in [-0.3, -0.25) is 9.59 Å². The summed E-state index contributed by atoms with van der Waals surface area (Å²) in [5.41, 5.74) is 0. The summed E-state index contributed by atoms with van der Waals surface area (Å²) in [6.07, 6.45) is 28.0. The van der Waals surface area contributed by atoms with E-state index in [1.165, 1.54) is 141 Å². The van der Waals surface area contributed by atoms with Gasteiger partial charge in [0.05, 0.1) is 19.8 Å². The maximum atomic E-state index is 13.0. The van der Waals surface area contributed by atoms with Crippen molar-refractivity contribution in [2.24, 2.45) is 0 Å². The molecule has 2 aliphatic rings. The second-order valence-corrected chi connectivity index (χ2v) is 20.5. The molecule has 2 fully saturated rings. The number of aliphatic hydroxyl groups excluding tert-OH is 7. The highest BCUT2D eigenvalue weighted by molar-refractivity contribution is 5.70. The van der Waals surface area contributed by atoms with Gasteiger partial charge in [0.1, 0.15) is 55.4 Å². The van der Waals surface area contributed by atoms with Gasteiger partial charge in [-0.05, 0) is 38.5 Å². The highest BCUT2D eigenvalue weighted by Crippen LogP contribution is 2.27. The van der Waals surface area contributed by atoms with Gasteiger partial charge in [-0.25, -0.2) is 0 Å². The number of carbonyl (C=O) groups is 2. The van der Waals surface area contributed by atoms with Crippen LogP contribution in [0.4, 0.5) is 0 Å². The van der Waals surface area contributed by atoms with Gasteiger partial charge >= 0.3 is 11.9 Å². The van der Waals surface area contributed by atoms with Gasteiger partial charge < -0.3 is 64.2 Å². The molecular weight excluding hydrogens is 913 g/mol. The quantitative estimate of drug-likeness (QED) is 0.0171. The Morgan fingerprint density at radius 1 is 0.437 bits per heavy atom. The lowest BCUT2D eigenvalue weighted by Crippen LogP contribution is -2.61. The van der Waals surface area contributed by atoms with Crippen LogP contribution in [0.2, 0.25) is 0 Å². The fraction of sp³-hybridized carbons (Fsp3) is 0.929. The Labute approximate surface area is 429 Å². The molecule has 7 N–H and O–H groups in total. The number of unbranched alkanes of at least 4 members (excludes halogenated alkanes) is 30. The largest absolute Gasteiger partial charge is 0.462 e. The molecule has 418 valence electrons. The first-order valence-corrected chi connectivity index (χ1v) is 28.8. The molecule has 0 amide bonds. The van der Waals surface area contributed by atoms with Gasteiger partial charge in [0.25, 0.3) is 0 Å². The van der Waals surface area contributed by atoms with Gasteiger partial charge in [-0.2, -0.15) is 0 Å². The number of esters is 2. The SMILES string of the molecule is CCCCCCCCC/C=C\CCCCCCCC(=O)OC(COC(=O)CCCCCCCCCCCCCCCCCCCCC)COC1OC(COC2OC(CO)C(O)C(O)C2O)C(O)C(O)C1O. The lowest BCUT2D eigenvalue weighted by atomic mass is 9.98. The molecule has 0 saturated carbocycles. The smallest absolute Gasteiger partial charge is 0.306 e. The second-order valence-electron chi connectivity index (χ2n) is 20.5. The van der Waals surface area contributed by atoms with E-state index in [0.29, 0.717) is 12.8 Å². The summed E-state index contributed by atoms with van der Waals surface area (Å²) in [5, 5.41) is 72.2. The Hall–Kier alpha value is -1.76. The van der Waals surface area contributed by atoms with E-state index < -0.39 is 92.7 Å². The predicted molar refractivity (Wildman–Crippen MR) is 275 cm³/mol. The van der Waals surface area contributed by atoms with E-state index in [0.717, 1.165) is 57.8 Å². The van der Waals surface area contributed by atoms with Crippen molar-refractivity contribution in [3.8, 4) is 0 Å². The fourth-order valence-corrected chi connectivity index (χ4v) is 9.27. The van der Waals surface area contributed by atoms with E-state index in [1.54, 1.807) is 0 Å². The third-order valence-electron chi connectivity index (χ3n) is 14.0. The van der Waals surface area contributed by atoms with Crippen molar-refractivity contribution in [3.05, 3.63) is 12.2 Å². The number of aliphatic hydroxyl groups is 7. The third kappa shape index (κ3) is 31.0. The van der Waals surface area contributed by atoms with Crippen molar-refractivity contribution in [2.75, 3.05) is 26.4 Å². The molecule has 0 spiro atoms. The molecule has 71 heavy (non-hydrogen) atoms. The van der Waals surface area contributed by atoms with Gasteiger partial charge in [0.2, 0.25) is 0 Å². The van der Waals surface area contributed by atoms with Crippen LogP contribution in [-0.2, 0) is 38.0 Å². The zero-order valence-electron chi connectivity index (χ0n) is 44.5. The van der Waals surface area contributed by atoms with Gasteiger partial charge in [0.15, 0.2) is 18.7 Å². The third-order valence-corrected chi connectivity index (χ3v) is 14.0. The Bertz CT molecular complexity index is 1290. The Morgan fingerprint density at radius 2 is 0.803 bits per heavy atom. The summed E-state index contributed by atoms with van der Waals surface area (Å²) in [6, 6.07) is 0. The summed E-state index contributed by atoms with van der Waals surface area (Å²) >= 11 is 0. The lowest BCUT2D eigenvalue weighted by Gasteiger charge is -2.42. The van der Waals surface area contributed by atoms with Crippen LogP contribution < -0.4 is 0 Å². The molecule has 0 radical (unpaired) electrons. The monoisotopic (exact) mass is 1020 g/mol. The molecule has 15 nitrogen and oxygen atoms in total. The van der Waals surface area contributed by atoms with E-state index in [2.05, 4.69) is 26.0 Å². The number of allylic oxidation sites excluding steroid dienone is 2. The minimum atomic E-state index is -1.76. The van der Waals surface area contributed by atoms with Crippen molar-refractivity contribution >= 4 is 11.9 Å². The molecular formula is C56H104O15. The van der Waals surface area contributed by atoms with E-state index in [4.69, 9.17) is 28.4 Å². The summed E-state index contributed by atoms with van der Waals surface area (Å²) in [5.74, 6) is -0.920. The summed E-state index contributed by atoms with van der Waals surface area (Å²) in [7, 11) is 0. The number of ether oxygens (including phenoxy) is 6. The van der Waals surface area contributed by atoms with Crippen LogP contribution in [0.1, 0.15) is 239 Å². The van der Waals surface area contributed by atoms with Gasteiger partial charge in [0, 0.05) is 12.8 Å². The number of carbonyl (C=O) groups excluding carboxylic acids is 2. The van der Waals surface area contributed by atoms with Crippen LogP contribution in [0.5, 0.6) is 0 Å². The molecule has 2 saturated heterocycles. The van der Waals surface area contributed by atoms with Crippen LogP contribution in [0.25, 0.3) is 0 Å². The van der Waals surface area contributed by atoms with Gasteiger partial charge in [-0.1, -0.05) is 199 Å². The lowest BCUT2D eigenvalue weighted by molar-refractivity contribution is -0.332. The van der Waals surface area contributed by atoms with Crippen LogP contribution in [-0.4, -0.2) is 142 Å². The molecule has 0 bridgehead atoms. The zero-order valence-corrected chi connectivity index (χ0v) is 44.5. The minimum absolute atomic E-state index is 0.160. The Kier molecular flexibility index (Phi) is 40.0. The Balaban J connectivity index is 1.75. The van der Waals surface area contributed by atoms with Crippen molar-refractivity contribution in [1.29, 1.82) is 0 Å². The first kappa shape index (κ1) is 65.4. The van der Waals surface area contributed by atoms with Crippen molar-refractivity contribution < 1.29 is 73.8 Å². The molecule has 0 aromatic carbocycles. The fourth-order valence-electron chi connectivity index (χ4n) is 9.27. The number of hydrogen-bond acceptors (Lipinski definition) is 15. The molecule has 2 aliphatic heterocycles. The normalized spacial score (nSPS) is 25.2. The first-order valence-electron chi connectivity index (χ1n) is 28.8. The molecule has 2 heterocycles. The average molecular weight is 1020 g/mol. The summed E-state index contributed by atoms with van der Waals surface area (Å²) < 4.78 is 33.7. The second kappa shape index (κ2) is 43.5. The van der Waals surface area contributed by atoms with Crippen LogP contribution in [0, 0.1) is 0 Å². The highest BCUT2D eigenvalue weighted by Gasteiger charge is 2.47. The van der Waals surface area contributed by atoms with E-state index >= 15 is 0 Å². The standard InChI is InChI=1S/C56H104O15/c1-3-5-7-9-11-13-15-17-19-21-22-23-25-26-28-30-32-34-36-38-47(58)66-41-44(69-48(59)39-37-35-33-31-29-27-24-20-18-16-14-12-10-8-6-4-2)42-67-55-54(65)52(63)50(61)46(71-55)43-68-56-53(64)51(62)49(60)45(40-57)70-56/h20,24,44-46,49-57,60-65H,3-19,21-23,25-43H2,1-2H3/b24-20-. The molecule has 0 aliphatic carbocycles. The number of hydrogen-bond donors (Lipinski definition) is 7. The summed E-state index contributed by atoms with van der Waals surface area (Å²) in [4.78, 5) is 25.9. The molecule has 0 aromatic rings. The van der Waals surface area contributed by atoms with E-state index in [-0.39, 0.29) is 26.1 Å². The molecule has 11 atom stereocenters. The molecule has 11 unspecified atom stereocenters. The molecule has 2 rings (SSSR count). The summed E-state index contributed by atoms with van der Waals surface area (Å²) in [6.45, 7) is 2.63. The van der Waals surface area contributed by atoms with E-state index in [1.807, 2.05) is 0 Å². The van der Waals surface area contributed by atoms with Gasteiger partial charge in [-0.15, -0.1) is 0 Å². The maximum absolute atomic E-state index is 13.0. The highest BCUT2D eigenvalue weighted by atomic mass is 16.7. The van der Waals surface area contributed by atoms with Crippen LogP contribution in [0.15, 0.2) is 12.2 Å². The average Bonchev–Trinajstić information content (AvgIpc) is 3.36.